The summed E-state index contributed by atoms with van der Waals surface area (Å²) in [6.07, 6.45) is -0.946. The number of carbonyl (C=O) groups is 3. The number of nitrogens with one attached hydrogen (secondary N) is 1. The monoisotopic (exact) mass is 527 g/mol. The van der Waals surface area contributed by atoms with Gasteiger partial charge in [0.1, 0.15) is 18.5 Å². The first-order valence-electron chi connectivity index (χ1n) is 12.3. The van der Waals surface area contributed by atoms with Gasteiger partial charge >= 0.3 is 5.97 Å². The van der Waals surface area contributed by atoms with Crippen molar-refractivity contribution in [3.63, 3.8) is 0 Å². The molecule has 3 N–H and O–H groups in total. The molecule has 4 atom stereocenters. The highest BCUT2D eigenvalue weighted by atomic mass is 32.2. The fourth-order valence-corrected chi connectivity index (χ4v) is 7.24. The van der Waals surface area contributed by atoms with Gasteiger partial charge in [-0.3, -0.25) is 14.6 Å². The van der Waals surface area contributed by atoms with Crippen LogP contribution in [0.4, 0.5) is 4.39 Å². The van der Waals surface area contributed by atoms with Gasteiger partial charge in [-0.1, -0.05) is 6.92 Å². The average Bonchev–Trinajstić information content (AvgIpc) is 3.24. The van der Waals surface area contributed by atoms with Gasteiger partial charge in [0, 0.05) is 34.2 Å². The zero-order valence-corrected chi connectivity index (χ0v) is 21.4. The van der Waals surface area contributed by atoms with E-state index in [4.69, 9.17) is 9.72 Å². The lowest BCUT2D eigenvalue weighted by Gasteiger charge is -2.41. The van der Waals surface area contributed by atoms with Crippen LogP contribution < -0.4 is 5.32 Å². The van der Waals surface area contributed by atoms with Gasteiger partial charge in [0.05, 0.1) is 28.9 Å². The third kappa shape index (κ3) is 3.30. The van der Waals surface area contributed by atoms with E-state index in [1.54, 1.807) is 18.7 Å². The summed E-state index contributed by atoms with van der Waals surface area (Å²) in [7, 11) is 0. The fraction of sp³-hybridized carbons (Fsp3) is 0.462. The maximum atomic E-state index is 14.9. The number of aliphatic hydroxyl groups is 2. The Hall–Kier alpha value is -3.02. The number of amides is 2. The maximum Gasteiger partial charge on any atom is 0.342 e. The van der Waals surface area contributed by atoms with E-state index in [9.17, 15) is 29.0 Å². The lowest BCUT2D eigenvalue weighted by Crippen LogP contribution is -2.51. The van der Waals surface area contributed by atoms with Gasteiger partial charge in [-0.05, 0) is 43.4 Å². The topological polar surface area (TPSA) is 129 Å². The fourth-order valence-electron chi connectivity index (χ4n) is 5.98. The SMILES string of the molecule is CC[C@@]1(O)C(=O)OCC2=C1CC1c3nc4cc(F)c(C)c5c4c(c3CN1C2=O)[C@H](NC(=O)[C@@H](C)O)CS5. The number of halogens is 1. The van der Waals surface area contributed by atoms with Crippen molar-refractivity contribution in [1.82, 2.24) is 15.2 Å². The van der Waals surface area contributed by atoms with Gasteiger partial charge in [-0.15, -0.1) is 11.8 Å². The molecular weight excluding hydrogens is 501 g/mol. The summed E-state index contributed by atoms with van der Waals surface area (Å²) in [5.41, 5.74) is 1.76. The Morgan fingerprint density at radius 1 is 1.43 bits per heavy atom. The van der Waals surface area contributed by atoms with Crippen molar-refractivity contribution in [3.8, 4) is 0 Å². The molecule has 5 heterocycles. The zero-order chi connectivity index (χ0) is 26.4. The molecule has 0 radical (unpaired) electrons. The Kier molecular flexibility index (Phi) is 5.42. The number of fused-ring (bicyclic) bond motifs is 4. The normalized spacial score (nSPS) is 27.0. The third-order valence-corrected chi connectivity index (χ3v) is 9.33. The number of esters is 1. The van der Waals surface area contributed by atoms with Crippen LogP contribution in [-0.2, 0) is 25.7 Å². The van der Waals surface area contributed by atoms with Crippen LogP contribution in [0.3, 0.4) is 0 Å². The van der Waals surface area contributed by atoms with E-state index in [0.29, 0.717) is 28.1 Å². The first kappa shape index (κ1) is 24.3. The number of cyclic esters (lactones) is 1. The molecule has 1 unspecified atom stereocenters. The second-order valence-corrected chi connectivity index (χ2v) is 11.1. The molecule has 0 bridgehead atoms. The van der Waals surface area contributed by atoms with Crippen LogP contribution in [-0.4, -0.2) is 61.9 Å². The largest absolute Gasteiger partial charge is 0.458 e. The Morgan fingerprint density at radius 2 is 2.19 bits per heavy atom. The number of aromatic nitrogens is 1. The van der Waals surface area contributed by atoms with Crippen molar-refractivity contribution < 1.29 is 33.7 Å². The van der Waals surface area contributed by atoms with Gasteiger partial charge in [-0.25, -0.2) is 9.18 Å². The smallest absolute Gasteiger partial charge is 0.342 e. The van der Waals surface area contributed by atoms with Crippen LogP contribution in [0.15, 0.2) is 22.1 Å². The zero-order valence-electron chi connectivity index (χ0n) is 20.6. The van der Waals surface area contributed by atoms with E-state index in [-0.39, 0.29) is 37.5 Å². The highest BCUT2D eigenvalue weighted by Crippen LogP contribution is 2.52. The Bertz CT molecular complexity index is 1460. The van der Waals surface area contributed by atoms with E-state index in [1.165, 1.54) is 24.8 Å². The number of carbonyl (C=O) groups excluding carboxylic acids is 3. The maximum absolute atomic E-state index is 14.9. The number of pyridine rings is 1. The predicted molar refractivity (Wildman–Crippen MR) is 131 cm³/mol. The molecule has 0 saturated carbocycles. The summed E-state index contributed by atoms with van der Waals surface area (Å²) in [4.78, 5) is 45.8. The Labute approximate surface area is 216 Å². The summed E-state index contributed by atoms with van der Waals surface area (Å²) in [6.45, 7) is 4.77. The minimum absolute atomic E-state index is 0.0619. The molecule has 2 aromatic rings. The molecule has 6 rings (SSSR count). The molecule has 9 nitrogen and oxygen atoms in total. The van der Waals surface area contributed by atoms with Crippen LogP contribution in [0.2, 0.25) is 0 Å². The molecule has 0 saturated heterocycles. The number of aliphatic hydroxyl groups excluding tert-OH is 1. The summed E-state index contributed by atoms with van der Waals surface area (Å²) in [5.74, 6) is -1.60. The number of nitrogens with zero attached hydrogens (tertiary/aromatic N) is 2. The molecule has 1 aromatic carbocycles. The van der Waals surface area contributed by atoms with Gasteiger partial charge in [0.25, 0.3) is 5.91 Å². The van der Waals surface area contributed by atoms with E-state index >= 15 is 0 Å². The predicted octanol–water partition coefficient (Wildman–Crippen LogP) is 2.11. The minimum Gasteiger partial charge on any atom is -0.458 e. The Morgan fingerprint density at radius 3 is 2.89 bits per heavy atom. The second kappa shape index (κ2) is 8.24. The number of hydrogen-bond donors (Lipinski definition) is 3. The summed E-state index contributed by atoms with van der Waals surface area (Å²) in [5, 5.41) is 24.6. The first-order chi connectivity index (χ1) is 17.6. The van der Waals surface area contributed by atoms with E-state index in [1.807, 2.05) is 0 Å². The van der Waals surface area contributed by atoms with Gasteiger partial charge in [0.2, 0.25) is 5.91 Å². The van der Waals surface area contributed by atoms with Crippen molar-refractivity contribution in [2.45, 2.75) is 68.8 Å². The molecule has 4 aliphatic rings. The Balaban J connectivity index is 1.55. The second-order valence-electron chi connectivity index (χ2n) is 10.0. The molecule has 11 heteroatoms. The molecule has 0 aliphatic carbocycles. The van der Waals surface area contributed by atoms with Crippen LogP contribution in [0.1, 0.15) is 61.2 Å². The molecular formula is C26H26FN3O6S. The summed E-state index contributed by atoms with van der Waals surface area (Å²) in [6, 6.07) is 0.331. The lowest BCUT2D eigenvalue weighted by molar-refractivity contribution is -0.165. The van der Waals surface area contributed by atoms with Crippen molar-refractivity contribution in [3.05, 3.63) is 45.4 Å². The van der Waals surface area contributed by atoms with Crippen LogP contribution in [0.5, 0.6) is 0 Å². The van der Waals surface area contributed by atoms with Crippen molar-refractivity contribution in [1.29, 1.82) is 0 Å². The lowest BCUT2D eigenvalue weighted by atomic mass is 9.79. The van der Waals surface area contributed by atoms with Crippen LogP contribution >= 0.6 is 11.8 Å². The van der Waals surface area contributed by atoms with Crippen LogP contribution in [0.25, 0.3) is 10.9 Å². The van der Waals surface area contributed by atoms with Gasteiger partial charge in [0.15, 0.2) is 5.60 Å². The van der Waals surface area contributed by atoms with Crippen LogP contribution in [0, 0.1) is 12.7 Å². The highest BCUT2D eigenvalue weighted by molar-refractivity contribution is 7.99. The quantitative estimate of drug-likeness (QED) is 0.518. The first-order valence-corrected chi connectivity index (χ1v) is 13.2. The minimum atomic E-state index is -1.88. The molecule has 37 heavy (non-hydrogen) atoms. The molecule has 0 fully saturated rings. The summed E-state index contributed by atoms with van der Waals surface area (Å²) >= 11 is 1.42. The van der Waals surface area contributed by atoms with E-state index < -0.39 is 41.5 Å². The third-order valence-electron chi connectivity index (χ3n) is 8.03. The number of hydrogen-bond acceptors (Lipinski definition) is 8. The van der Waals surface area contributed by atoms with Gasteiger partial charge in [-0.2, -0.15) is 0 Å². The number of ether oxygens (including phenoxy) is 1. The molecule has 0 spiro atoms. The summed E-state index contributed by atoms with van der Waals surface area (Å²) < 4.78 is 20.1. The number of rotatable bonds is 3. The number of benzene rings is 1. The van der Waals surface area contributed by atoms with Crippen molar-refractivity contribution in [2.24, 2.45) is 0 Å². The standard InChI is InChI=1S/C26H26FN3O6S/c1-4-26(35)14-5-18-21-12(7-30(18)24(33)13(14)8-36-25(26)34)19-17(29-23(32)11(3)31)9-37-22-10(2)15(27)6-16(28-21)20(19)22/h6,11,17-18,31,35H,4-5,7-9H2,1-3H3,(H,29,32)/t11-,17-,18?,26+/m1/s1. The van der Waals surface area contributed by atoms with E-state index in [2.05, 4.69) is 5.32 Å². The molecule has 4 aliphatic heterocycles. The molecule has 2 amide bonds. The molecule has 1 aromatic heterocycles. The van der Waals surface area contributed by atoms with Crippen molar-refractivity contribution >= 4 is 40.4 Å². The number of thioether (sulfide) groups is 1. The van der Waals surface area contributed by atoms with E-state index in [0.717, 1.165) is 21.4 Å². The molecule has 194 valence electrons. The highest BCUT2D eigenvalue weighted by Gasteiger charge is 2.53. The van der Waals surface area contributed by atoms with Crippen molar-refractivity contribution in [2.75, 3.05) is 12.4 Å². The average molecular weight is 528 g/mol. The van der Waals surface area contributed by atoms with Gasteiger partial charge < -0.3 is 25.2 Å².